The molecule has 0 radical (unpaired) electrons. The number of aliphatic hydroxyl groups excluding tert-OH is 1. The fourth-order valence-electron chi connectivity index (χ4n) is 1.88. The Hall–Kier alpha value is -0.380. The van der Waals surface area contributed by atoms with E-state index in [1.54, 1.807) is 0 Å². The number of allylic oxidation sites excluding steroid dienone is 1. The zero-order valence-electron chi connectivity index (χ0n) is 11.2. The van der Waals surface area contributed by atoms with Crippen molar-refractivity contribution in [2.45, 2.75) is 64.8 Å². The molecule has 0 amide bonds. The minimum absolute atomic E-state index is 0.0329. The van der Waals surface area contributed by atoms with Gasteiger partial charge in [0.2, 0.25) is 0 Å². The van der Waals surface area contributed by atoms with Crippen molar-refractivity contribution in [1.82, 2.24) is 0 Å². The molecular weight excluding hydrogens is 216 g/mol. The highest BCUT2D eigenvalue weighted by atomic mass is 16.7. The summed E-state index contributed by atoms with van der Waals surface area (Å²) < 4.78 is 11.2. The Morgan fingerprint density at radius 2 is 2.35 bits per heavy atom. The lowest BCUT2D eigenvalue weighted by Gasteiger charge is -2.22. The number of ether oxygens (including phenoxy) is 2. The van der Waals surface area contributed by atoms with Crippen molar-refractivity contribution in [3.8, 4) is 0 Å². The van der Waals surface area contributed by atoms with Gasteiger partial charge in [0.25, 0.3) is 0 Å². The van der Waals surface area contributed by atoms with Gasteiger partial charge in [0, 0.05) is 6.61 Å². The first-order valence-corrected chi connectivity index (χ1v) is 6.75. The molecule has 100 valence electrons. The summed E-state index contributed by atoms with van der Waals surface area (Å²) in [5.41, 5.74) is 1.33. The first-order valence-electron chi connectivity index (χ1n) is 6.75. The van der Waals surface area contributed by atoms with Gasteiger partial charge in [0.05, 0.1) is 12.7 Å². The van der Waals surface area contributed by atoms with E-state index in [2.05, 4.69) is 13.0 Å². The summed E-state index contributed by atoms with van der Waals surface area (Å²) in [6.07, 6.45) is 8.15. The predicted molar refractivity (Wildman–Crippen MR) is 68.8 cm³/mol. The lowest BCUT2D eigenvalue weighted by molar-refractivity contribution is -0.162. The molecule has 17 heavy (non-hydrogen) atoms. The molecule has 0 bridgehead atoms. The fourth-order valence-corrected chi connectivity index (χ4v) is 1.88. The van der Waals surface area contributed by atoms with E-state index in [1.807, 2.05) is 6.92 Å². The molecule has 0 aliphatic carbocycles. The first-order chi connectivity index (χ1) is 8.18. The zero-order valence-corrected chi connectivity index (χ0v) is 11.2. The van der Waals surface area contributed by atoms with Gasteiger partial charge in [-0.1, -0.05) is 11.6 Å². The van der Waals surface area contributed by atoms with Gasteiger partial charge in [-0.15, -0.1) is 0 Å². The van der Waals surface area contributed by atoms with Crippen molar-refractivity contribution in [1.29, 1.82) is 0 Å². The van der Waals surface area contributed by atoms with Crippen LogP contribution in [-0.4, -0.2) is 30.7 Å². The highest BCUT2D eigenvalue weighted by Crippen LogP contribution is 2.14. The van der Waals surface area contributed by atoms with Crippen LogP contribution in [0.1, 0.15) is 52.4 Å². The Labute approximate surface area is 105 Å². The summed E-state index contributed by atoms with van der Waals surface area (Å²) >= 11 is 0. The van der Waals surface area contributed by atoms with Crippen molar-refractivity contribution in [3.05, 3.63) is 11.6 Å². The van der Waals surface area contributed by atoms with Gasteiger partial charge in [-0.25, -0.2) is 0 Å². The van der Waals surface area contributed by atoms with E-state index >= 15 is 0 Å². The van der Waals surface area contributed by atoms with Gasteiger partial charge in [-0.05, 0) is 52.4 Å². The molecule has 0 aromatic rings. The SMILES string of the molecule is C/C(=C\C[C@@H](C)O)CCCOC1CCCCO1. The molecule has 0 spiro atoms. The molecule has 3 nitrogen and oxygen atoms in total. The van der Waals surface area contributed by atoms with Crippen LogP contribution in [0.2, 0.25) is 0 Å². The fraction of sp³-hybridized carbons (Fsp3) is 0.857. The maximum absolute atomic E-state index is 9.16. The minimum atomic E-state index is -0.239. The minimum Gasteiger partial charge on any atom is -0.393 e. The average molecular weight is 242 g/mol. The summed E-state index contributed by atoms with van der Waals surface area (Å²) in [6.45, 7) is 5.54. The smallest absolute Gasteiger partial charge is 0.157 e. The van der Waals surface area contributed by atoms with Gasteiger partial charge in [-0.2, -0.15) is 0 Å². The van der Waals surface area contributed by atoms with Crippen LogP contribution in [0, 0.1) is 0 Å². The van der Waals surface area contributed by atoms with Crippen molar-refractivity contribution in [2.75, 3.05) is 13.2 Å². The lowest BCUT2D eigenvalue weighted by atomic mass is 10.1. The van der Waals surface area contributed by atoms with Crippen LogP contribution < -0.4 is 0 Å². The third kappa shape index (κ3) is 7.53. The van der Waals surface area contributed by atoms with E-state index < -0.39 is 0 Å². The predicted octanol–water partition coefficient (Wildman–Crippen LogP) is 3.03. The molecule has 1 aliphatic rings. The Morgan fingerprint density at radius 1 is 1.53 bits per heavy atom. The number of hydrogen-bond acceptors (Lipinski definition) is 3. The number of rotatable bonds is 7. The van der Waals surface area contributed by atoms with Crippen LogP contribution >= 0.6 is 0 Å². The topological polar surface area (TPSA) is 38.7 Å². The molecule has 1 rings (SSSR count). The average Bonchev–Trinajstić information content (AvgIpc) is 2.33. The van der Waals surface area contributed by atoms with E-state index in [1.165, 1.54) is 18.4 Å². The van der Waals surface area contributed by atoms with Gasteiger partial charge in [-0.3, -0.25) is 0 Å². The van der Waals surface area contributed by atoms with Crippen molar-refractivity contribution in [2.24, 2.45) is 0 Å². The molecular formula is C14H26O3. The molecule has 1 N–H and O–H groups in total. The molecule has 1 saturated heterocycles. The summed E-state index contributed by atoms with van der Waals surface area (Å²) in [5, 5.41) is 9.16. The second-order valence-electron chi connectivity index (χ2n) is 4.91. The Morgan fingerprint density at radius 3 is 3.00 bits per heavy atom. The van der Waals surface area contributed by atoms with E-state index in [0.717, 1.165) is 38.9 Å². The summed E-state index contributed by atoms with van der Waals surface area (Å²) in [4.78, 5) is 0. The maximum atomic E-state index is 9.16. The normalized spacial score (nSPS) is 23.7. The van der Waals surface area contributed by atoms with E-state index in [-0.39, 0.29) is 12.4 Å². The lowest BCUT2D eigenvalue weighted by Crippen LogP contribution is -2.22. The number of hydrogen-bond donors (Lipinski definition) is 1. The molecule has 2 atom stereocenters. The van der Waals surface area contributed by atoms with E-state index in [4.69, 9.17) is 14.6 Å². The van der Waals surface area contributed by atoms with Crippen molar-refractivity contribution in [3.63, 3.8) is 0 Å². The largest absolute Gasteiger partial charge is 0.393 e. The molecule has 0 saturated carbocycles. The maximum Gasteiger partial charge on any atom is 0.157 e. The third-order valence-corrected chi connectivity index (χ3v) is 2.96. The Kier molecular flexibility index (Phi) is 7.49. The summed E-state index contributed by atoms with van der Waals surface area (Å²) in [7, 11) is 0. The monoisotopic (exact) mass is 242 g/mol. The van der Waals surface area contributed by atoms with Crippen LogP contribution in [0.5, 0.6) is 0 Å². The summed E-state index contributed by atoms with van der Waals surface area (Å²) in [5.74, 6) is 0. The van der Waals surface area contributed by atoms with Crippen LogP contribution in [0.3, 0.4) is 0 Å². The first kappa shape index (κ1) is 14.7. The van der Waals surface area contributed by atoms with Crippen LogP contribution in [-0.2, 0) is 9.47 Å². The van der Waals surface area contributed by atoms with Gasteiger partial charge < -0.3 is 14.6 Å². The van der Waals surface area contributed by atoms with Gasteiger partial charge in [0.1, 0.15) is 0 Å². The van der Waals surface area contributed by atoms with Crippen LogP contribution in [0.25, 0.3) is 0 Å². The molecule has 3 heteroatoms. The molecule has 0 aromatic carbocycles. The molecule has 0 aromatic heterocycles. The van der Waals surface area contributed by atoms with Gasteiger partial charge >= 0.3 is 0 Å². The van der Waals surface area contributed by atoms with Crippen LogP contribution in [0.4, 0.5) is 0 Å². The number of aliphatic hydroxyl groups is 1. The van der Waals surface area contributed by atoms with Crippen LogP contribution in [0.15, 0.2) is 11.6 Å². The second-order valence-corrected chi connectivity index (χ2v) is 4.91. The quantitative estimate of drug-likeness (QED) is 0.551. The second kappa shape index (κ2) is 8.67. The van der Waals surface area contributed by atoms with Gasteiger partial charge in [0.15, 0.2) is 6.29 Å². The standard InChI is InChI=1S/C14H26O3/c1-12(8-9-13(2)15)6-5-11-17-14-7-3-4-10-16-14/h8,13-15H,3-7,9-11H2,1-2H3/b12-8+/t13-,14?/m1/s1. The molecule has 1 heterocycles. The highest BCUT2D eigenvalue weighted by molar-refractivity contribution is 4.98. The highest BCUT2D eigenvalue weighted by Gasteiger charge is 2.13. The zero-order chi connectivity index (χ0) is 12.5. The molecule has 1 unspecified atom stereocenters. The van der Waals surface area contributed by atoms with Crippen molar-refractivity contribution >= 4 is 0 Å². The van der Waals surface area contributed by atoms with E-state index in [0.29, 0.717) is 0 Å². The Balaban J connectivity index is 2.01. The Bertz CT molecular complexity index is 218. The van der Waals surface area contributed by atoms with E-state index in [9.17, 15) is 0 Å². The third-order valence-electron chi connectivity index (χ3n) is 2.96. The molecule has 1 aliphatic heterocycles. The van der Waals surface area contributed by atoms with Crippen molar-refractivity contribution < 1.29 is 14.6 Å². The summed E-state index contributed by atoms with van der Waals surface area (Å²) in [6, 6.07) is 0. The molecule has 1 fully saturated rings.